The molecule has 0 aromatic carbocycles. The maximum Gasteiger partial charge on any atom is -0.0342 e. The molecule has 0 heteroatoms. The first-order valence-electron chi connectivity index (χ1n) is 4.36. The Labute approximate surface area is 71.0 Å². The molecule has 0 radical (unpaired) electrons. The Morgan fingerprint density at radius 1 is 1.36 bits per heavy atom. The summed E-state index contributed by atoms with van der Waals surface area (Å²) in [4.78, 5) is 0. The van der Waals surface area contributed by atoms with Crippen LogP contribution in [0.3, 0.4) is 0 Å². The van der Waals surface area contributed by atoms with E-state index in [-0.39, 0.29) is 0 Å². The second-order valence-corrected chi connectivity index (χ2v) is 3.64. The summed E-state index contributed by atoms with van der Waals surface area (Å²) in [5, 5.41) is 0. The SMILES string of the molecule is C=C(C)C(C)=CCCC(C)C. The molecule has 0 saturated carbocycles. The molecule has 0 nitrogen and oxygen atoms in total. The van der Waals surface area contributed by atoms with Gasteiger partial charge in [0.05, 0.1) is 0 Å². The smallest absolute Gasteiger partial charge is 0.0342 e. The fourth-order valence-corrected chi connectivity index (χ4v) is 0.807. The van der Waals surface area contributed by atoms with Gasteiger partial charge in [0.25, 0.3) is 0 Å². The van der Waals surface area contributed by atoms with Crippen LogP contribution in [0, 0.1) is 5.92 Å². The van der Waals surface area contributed by atoms with Gasteiger partial charge in [0.2, 0.25) is 0 Å². The topological polar surface area (TPSA) is 0 Å². The summed E-state index contributed by atoms with van der Waals surface area (Å²) in [5.74, 6) is 0.809. The summed E-state index contributed by atoms with van der Waals surface area (Å²) in [6, 6.07) is 0. The number of hydrogen-bond donors (Lipinski definition) is 0. The van der Waals surface area contributed by atoms with Crippen LogP contribution >= 0.6 is 0 Å². The number of allylic oxidation sites excluding steroid dienone is 3. The minimum atomic E-state index is 0.809. The molecule has 64 valence electrons. The highest BCUT2D eigenvalue weighted by Gasteiger charge is 1.92. The quantitative estimate of drug-likeness (QED) is 0.535. The minimum Gasteiger partial charge on any atom is -0.0959 e. The van der Waals surface area contributed by atoms with E-state index >= 15 is 0 Å². The highest BCUT2D eigenvalue weighted by Crippen LogP contribution is 2.10. The fourth-order valence-electron chi connectivity index (χ4n) is 0.807. The zero-order chi connectivity index (χ0) is 8.85. The van der Waals surface area contributed by atoms with E-state index in [2.05, 4.69) is 40.3 Å². The summed E-state index contributed by atoms with van der Waals surface area (Å²) in [7, 11) is 0. The molecule has 0 unspecified atom stereocenters. The van der Waals surface area contributed by atoms with Crippen molar-refractivity contribution in [2.75, 3.05) is 0 Å². The Hall–Kier alpha value is -0.520. The van der Waals surface area contributed by atoms with Gasteiger partial charge in [-0.25, -0.2) is 0 Å². The summed E-state index contributed by atoms with van der Waals surface area (Å²) in [6.45, 7) is 12.6. The molecule has 0 aromatic heterocycles. The van der Waals surface area contributed by atoms with Crippen molar-refractivity contribution < 1.29 is 0 Å². The summed E-state index contributed by atoms with van der Waals surface area (Å²) < 4.78 is 0. The molecule has 0 amide bonds. The highest BCUT2D eigenvalue weighted by molar-refractivity contribution is 5.23. The molecule has 0 atom stereocenters. The predicted octanol–water partition coefficient (Wildman–Crippen LogP) is 3.95. The van der Waals surface area contributed by atoms with E-state index in [1.165, 1.54) is 24.0 Å². The van der Waals surface area contributed by atoms with E-state index in [1.807, 2.05) is 0 Å². The van der Waals surface area contributed by atoms with Crippen molar-refractivity contribution >= 4 is 0 Å². The molecule has 0 aliphatic rings. The Balaban J connectivity index is 3.65. The lowest BCUT2D eigenvalue weighted by Gasteiger charge is -2.02. The Morgan fingerprint density at radius 2 is 1.91 bits per heavy atom. The molecule has 0 fully saturated rings. The van der Waals surface area contributed by atoms with Crippen LogP contribution in [0.1, 0.15) is 40.5 Å². The third-order valence-electron chi connectivity index (χ3n) is 1.87. The van der Waals surface area contributed by atoms with Crippen LogP contribution in [0.5, 0.6) is 0 Å². The lowest BCUT2D eigenvalue weighted by molar-refractivity contribution is 0.593. The molecule has 0 aromatic rings. The first-order valence-corrected chi connectivity index (χ1v) is 4.36. The molecule has 0 spiro atoms. The average molecular weight is 152 g/mol. The van der Waals surface area contributed by atoms with Gasteiger partial charge in [-0.3, -0.25) is 0 Å². The van der Waals surface area contributed by atoms with Gasteiger partial charge < -0.3 is 0 Å². The van der Waals surface area contributed by atoms with Gasteiger partial charge in [0.15, 0.2) is 0 Å². The van der Waals surface area contributed by atoms with Gasteiger partial charge in [-0.1, -0.05) is 37.6 Å². The van der Waals surface area contributed by atoms with Crippen LogP contribution in [0.4, 0.5) is 0 Å². The molecule has 0 aliphatic heterocycles. The van der Waals surface area contributed by atoms with Gasteiger partial charge in [-0.05, 0) is 32.6 Å². The van der Waals surface area contributed by atoms with Gasteiger partial charge in [-0.15, -0.1) is 0 Å². The van der Waals surface area contributed by atoms with Crippen LogP contribution in [-0.2, 0) is 0 Å². The zero-order valence-corrected chi connectivity index (χ0v) is 8.28. The molecular weight excluding hydrogens is 132 g/mol. The summed E-state index contributed by atoms with van der Waals surface area (Å²) in [5.41, 5.74) is 2.53. The Bertz CT molecular complexity index is 149. The monoisotopic (exact) mass is 152 g/mol. The van der Waals surface area contributed by atoms with E-state index in [0.717, 1.165) is 5.92 Å². The second kappa shape index (κ2) is 5.17. The van der Waals surface area contributed by atoms with Crippen LogP contribution in [-0.4, -0.2) is 0 Å². The molecule has 0 heterocycles. The van der Waals surface area contributed by atoms with Gasteiger partial charge >= 0.3 is 0 Å². The molecule has 0 saturated heterocycles. The van der Waals surface area contributed by atoms with E-state index in [0.29, 0.717) is 0 Å². The second-order valence-electron chi connectivity index (χ2n) is 3.64. The lowest BCUT2D eigenvalue weighted by atomic mass is 10.0. The summed E-state index contributed by atoms with van der Waals surface area (Å²) in [6.07, 6.45) is 4.75. The van der Waals surface area contributed by atoms with Crippen LogP contribution < -0.4 is 0 Å². The first kappa shape index (κ1) is 10.5. The molecule has 0 aliphatic carbocycles. The highest BCUT2D eigenvalue weighted by atomic mass is 14.0. The molecule has 0 bridgehead atoms. The van der Waals surface area contributed by atoms with Gasteiger partial charge in [-0.2, -0.15) is 0 Å². The van der Waals surface area contributed by atoms with E-state index in [4.69, 9.17) is 0 Å². The third kappa shape index (κ3) is 5.90. The van der Waals surface area contributed by atoms with Crippen molar-refractivity contribution in [2.45, 2.75) is 40.5 Å². The zero-order valence-electron chi connectivity index (χ0n) is 8.28. The van der Waals surface area contributed by atoms with Crippen molar-refractivity contribution in [3.8, 4) is 0 Å². The standard InChI is InChI=1S/C11H20/c1-9(2)7-6-8-11(5)10(3)4/h8-9H,3,6-7H2,1-2,4-5H3. The van der Waals surface area contributed by atoms with Crippen molar-refractivity contribution in [2.24, 2.45) is 5.92 Å². The van der Waals surface area contributed by atoms with E-state index < -0.39 is 0 Å². The number of hydrogen-bond acceptors (Lipinski definition) is 0. The molecule has 0 N–H and O–H groups in total. The summed E-state index contributed by atoms with van der Waals surface area (Å²) >= 11 is 0. The fraction of sp³-hybridized carbons (Fsp3) is 0.636. The minimum absolute atomic E-state index is 0.809. The average Bonchev–Trinajstić information content (AvgIpc) is 1.86. The molecule has 11 heavy (non-hydrogen) atoms. The predicted molar refractivity (Wildman–Crippen MR) is 52.6 cm³/mol. The van der Waals surface area contributed by atoms with Crippen molar-refractivity contribution in [3.63, 3.8) is 0 Å². The third-order valence-corrected chi connectivity index (χ3v) is 1.87. The first-order chi connectivity index (χ1) is 5.04. The molecular formula is C11H20. The largest absolute Gasteiger partial charge is 0.0959 e. The van der Waals surface area contributed by atoms with Crippen LogP contribution in [0.25, 0.3) is 0 Å². The van der Waals surface area contributed by atoms with Gasteiger partial charge in [0, 0.05) is 0 Å². The Morgan fingerprint density at radius 3 is 2.27 bits per heavy atom. The molecule has 0 rings (SSSR count). The van der Waals surface area contributed by atoms with E-state index in [1.54, 1.807) is 0 Å². The maximum atomic E-state index is 3.88. The van der Waals surface area contributed by atoms with Crippen LogP contribution in [0.2, 0.25) is 0 Å². The van der Waals surface area contributed by atoms with Crippen molar-refractivity contribution in [1.29, 1.82) is 0 Å². The normalized spacial score (nSPS) is 12.3. The lowest BCUT2D eigenvalue weighted by Crippen LogP contribution is -1.85. The van der Waals surface area contributed by atoms with Crippen molar-refractivity contribution in [3.05, 3.63) is 23.8 Å². The number of rotatable bonds is 4. The maximum absolute atomic E-state index is 3.88. The van der Waals surface area contributed by atoms with E-state index in [9.17, 15) is 0 Å². The van der Waals surface area contributed by atoms with Crippen molar-refractivity contribution in [1.82, 2.24) is 0 Å². The van der Waals surface area contributed by atoms with Gasteiger partial charge in [0.1, 0.15) is 0 Å². The Kier molecular flexibility index (Phi) is 4.93. The van der Waals surface area contributed by atoms with Crippen LogP contribution in [0.15, 0.2) is 23.8 Å².